The number of carbonyl (C=O) groups is 8. The second kappa shape index (κ2) is 30.3. The number of carbonyl (C=O) groups excluding carboxylic acids is 8. The third-order valence-corrected chi connectivity index (χ3v) is 22.2. The Bertz CT molecular complexity index is 4570. The van der Waals surface area contributed by atoms with E-state index in [4.69, 9.17) is 119 Å². The molecular weight excluding hydrogens is 1500 g/mol. The first-order chi connectivity index (χ1) is 46.9. The highest BCUT2D eigenvalue weighted by atomic mass is 35.5. The van der Waals surface area contributed by atoms with Gasteiger partial charge in [0, 0.05) is 64.2 Å². The van der Waals surface area contributed by atoms with Crippen molar-refractivity contribution < 1.29 is 67.1 Å². The number of rotatable bonds is 20. The molecule has 0 spiro atoms. The topological polar surface area (TPSA) is 216 Å². The number of hydrogen-bond acceptors (Lipinski definition) is 22. The van der Waals surface area contributed by atoms with E-state index >= 15 is 0 Å². The molecule has 12 rings (SSSR count). The van der Waals surface area contributed by atoms with Gasteiger partial charge in [0.05, 0.1) is 45.3 Å². The van der Waals surface area contributed by atoms with Crippen LogP contribution in [0, 0.1) is 0 Å². The minimum atomic E-state index is -1.78. The fourth-order valence-corrected chi connectivity index (χ4v) is 16.7. The molecule has 0 saturated carbocycles. The normalized spacial score (nSPS) is 19.7. The molecule has 0 aromatic heterocycles. The summed E-state index contributed by atoms with van der Waals surface area (Å²) < 4.78 is 31.2. The maximum absolute atomic E-state index is 14.2. The number of aliphatic hydroxyl groups is 1. The molecule has 6 aromatic carbocycles. The predicted octanol–water partition coefficient (Wildman–Crippen LogP) is 13.9. The van der Waals surface area contributed by atoms with Crippen LogP contribution in [0.15, 0.2) is 141 Å². The summed E-state index contributed by atoms with van der Waals surface area (Å²) in [6, 6.07) is 33.0. The van der Waals surface area contributed by atoms with Crippen molar-refractivity contribution in [1.82, 2.24) is 19.6 Å². The summed E-state index contributed by atoms with van der Waals surface area (Å²) in [4.78, 5) is 117. The molecule has 0 bridgehead atoms. The zero-order valence-electron chi connectivity index (χ0n) is 50.3. The molecule has 5 aliphatic heterocycles. The number of esters is 4. The third kappa shape index (κ3) is 16.0. The van der Waals surface area contributed by atoms with Gasteiger partial charge in [-0.2, -0.15) is 0 Å². The molecule has 4 amide bonds. The molecule has 6 aromatic rings. The summed E-state index contributed by atoms with van der Waals surface area (Å²) >= 11 is 50.8. The van der Waals surface area contributed by atoms with Crippen LogP contribution >= 0.6 is 142 Å². The lowest BCUT2D eigenvalue weighted by atomic mass is 9.80. The molecule has 498 valence electrons. The van der Waals surface area contributed by atoms with E-state index in [1.165, 1.54) is 43.9 Å². The zero-order chi connectivity index (χ0) is 69.3. The van der Waals surface area contributed by atoms with Gasteiger partial charge in [-0.25, -0.2) is 0 Å². The van der Waals surface area contributed by atoms with Crippen LogP contribution in [0.2, 0.25) is 20.1 Å². The standard InChI is InChI=1S/C68H46Cl4N4O14S8/c69-40-9-1-35(2-10-40)27-49-60(81)73(64(91)95-49)23-19-53(77)87-46-18-17-44-57-45-32-48(89-55(79)21-25-75-62(83)51(97-66(75)93)29-37-5-13-42(71)14-6-37)47(88-54(78)20-24-74-61(82)50(96-65(74)92)28-36-3-11-41(70)12-4-36)31-39(45)33-68(57,85)34-86-58(44)59(46)90-56(80)22-26-76-63(84)52(98-67(76)94)30-38-7-15-43(72)16-8-38/h1-18,27-32,57,85H,19-26,33-34H2/b49-27-,50-28-,51-29-,52-30-/t57-,68+/m0/s1. The van der Waals surface area contributed by atoms with Crippen LogP contribution in [-0.4, -0.2) is 128 Å². The Balaban J connectivity index is 0.824. The highest BCUT2D eigenvalue weighted by molar-refractivity contribution is 8.28. The Morgan fingerprint density at radius 2 is 0.776 bits per heavy atom. The summed E-state index contributed by atoms with van der Waals surface area (Å²) in [6.07, 6.45) is 4.89. The van der Waals surface area contributed by atoms with Crippen molar-refractivity contribution in [2.24, 2.45) is 0 Å². The van der Waals surface area contributed by atoms with E-state index in [9.17, 15) is 43.5 Å². The average Bonchev–Trinajstić information content (AvgIpc) is 1.60. The van der Waals surface area contributed by atoms with E-state index in [0.29, 0.717) is 73.1 Å². The second-order valence-corrected chi connectivity index (χ2v) is 30.7. The van der Waals surface area contributed by atoms with Crippen molar-refractivity contribution in [3.63, 3.8) is 0 Å². The number of amides is 4. The molecule has 0 radical (unpaired) electrons. The van der Waals surface area contributed by atoms with Crippen molar-refractivity contribution in [3.8, 4) is 28.7 Å². The molecule has 1 aliphatic carbocycles. The summed E-state index contributed by atoms with van der Waals surface area (Å²) in [5, 5.41) is 14.8. The van der Waals surface area contributed by atoms with Crippen molar-refractivity contribution in [2.75, 3.05) is 32.8 Å². The number of hydrogen-bond donors (Lipinski definition) is 1. The van der Waals surface area contributed by atoms with Gasteiger partial charge in [-0.1, -0.05) is 197 Å². The molecule has 5 heterocycles. The number of thiocarbonyl (C=S) groups is 4. The van der Waals surface area contributed by atoms with Crippen LogP contribution < -0.4 is 23.7 Å². The Labute approximate surface area is 617 Å². The predicted molar refractivity (Wildman–Crippen MR) is 395 cm³/mol. The van der Waals surface area contributed by atoms with E-state index in [1.54, 1.807) is 121 Å². The summed E-state index contributed by atoms with van der Waals surface area (Å²) in [5.41, 5.74) is 1.99. The van der Waals surface area contributed by atoms with Gasteiger partial charge in [0.2, 0.25) is 5.75 Å². The average molecular weight is 1540 g/mol. The number of thioether (sulfide) groups is 4. The quantitative estimate of drug-likeness (QED) is 0.0325. The Kier molecular flexibility index (Phi) is 21.8. The SMILES string of the molecule is O=C(CCN1C(=O)/C(=C/c2ccc(Cl)cc2)SC1=S)Oc1cc2c(cc1OC(=O)CCN1C(=O)/C(=C/c3ccc(Cl)cc3)SC1=S)[C@@H]1c3ccc(OC(=O)CCN4C(=O)/C(=C/c5ccc(Cl)cc5)SC4=S)c(OC(=O)CCN4C(=O)/C(=C/c5ccc(Cl)cc5)SC4=S)c3OC[C@]1(O)C2. The molecule has 18 nitrogen and oxygen atoms in total. The third-order valence-electron chi connectivity index (χ3n) is 15.6. The largest absolute Gasteiger partial charge is 0.486 e. The summed E-state index contributed by atoms with van der Waals surface area (Å²) in [7, 11) is 0. The lowest BCUT2D eigenvalue weighted by Crippen LogP contribution is -2.44. The lowest BCUT2D eigenvalue weighted by molar-refractivity contribution is -0.138. The number of benzene rings is 6. The molecular formula is C68H46Cl4N4O14S8. The maximum atomic E-state index is 14.2. The second-order valence-electron chi connectivity index (χ2n) is 22.2. The summed E-state index contributed by atoms with van der Waals surface area (Å²) in [6.45, 7) is -1.26. The molecule has 6 aliphatic rings. The van der Waals surface area contributed by atoms with Gasteiger partial charge in [-0.05, 0) is 124 Å². The lowest BCUT2D eigenvalue weighted by Gasteiger charge is -2.37. The molecule has 4 saturated heterocycles. The first-order valence-electron chi connectivity index (χ1n) is 29.5. The van der Waals surface area contributed by atoms with Crippen LogP contribution in [0.5, 0.6) is 28.7 Å². The monoisotopic (exact) mass is 1540 g/mol. The Morgan fingerprint density at radius 1 is 0.459 bits per heavy atom. The van der Waals surface area contributed by atoms with Gasteiger partial charge >= 0.3 is 23.9 Å². The fraction of sp³-hybridized carbons (Fsp3) is 0.176. The van der Waals surface area contributed by atoms with Gasteiger partial charge in [-0.3, -0.25) is 58.0 Å². The number of ether oxygens (including phenoxy) is 5. The fourth-order valence-electron chi connectivity index (χ4n) is 10.9. The minimum absolute atomic E-state index is 0.131. The van der Waals surface area contributed by atoms with E-state index in [-0.39, 0.29) is 97.0 Å². The van der Waals surface area contributed by atoms with Crippen molar-refractivity contribution in [2.45, 2.75) is 43.6 Å². The van der Waals surface area contributed by atoms with Crippen LogP contribution in [0.1, 0.15) is 70.5 Å². The van der Waals surface area contributed by atoms with Gasteiger partial charge in [0.1, 0.15) is 29.5 Å². The zero-order valence-corrected chi connectivity index (χ0v) is 59.9. The number of halogens is 4. The van der Waals surface area contributed by atoms with E-state index in [2.05, 4.69) is 0 Å². The molecule has 0 unspecified atom stereocenters. The van der Waals surface area contributed by atoms with Crippen molar-refractivity contribution in [1.29, 1.82) is 0 Å². The molecule has 30 heteroatoms. The first kappa shape index (κ1) is 70.6. The molecule has 98 heavy (non-hydrogen) atoms. The van der Waals surface area contributed by atoms with Crippen molar-refractivity contribution >= 4 is 231 Å². The Hall–Kier alpha value is -7.28. The maximum Gasteiger partial charge on any atom is 0.313 e. The van der Waals surface area contributed by atoms with Crippen LogP contribution in [0.4, 0.5) is 0 Å². The highest BCUT2D eigenvalue weighted by Crippen LogP contribution is 2.57. The van der Waals surface area contributed by atoms with Crippen molar-refractivity contribution in [3.05, 3.63) is 200 Å². The van der Waals surface area contributed by atoms with E-state index < -0.39 is 78.5 Å². The van der Waals surface area contributed by atoms with Crippen LogP contribution in [0.25, 0.3) is 24.3 Å². The van der Waals surface area contributed by atoms with Gasteiger partial charge < -0.3 is 28.8 Å². The Morgan fingerprint density at radius 3 is 1.12 bits per heavy atom. The number of nitrogens with zero attached hydrogens (tertiary/aromatic N) is 4. The van der Waals surface area contributed by atoms with E-state index in [0.717, 1.165) is 47.0 Å². The minimum Gasteiger partial charge on any atom is -0.486 e. The highest BCUT2D eigenvalue weighted by Gasteiger charge is 2.52. The molecule has 4 fully saturated rings. The summed E-state index contributed by atoms with van der Waals surface area (Å²) in [5.74, 6) is -7.67. The smallest absolute Gasteiger partial charge is 0.313 e. The van der Waals surface area contributed by atoms with Gasteiger partial charge in [0.15, 0.2) is 23.0 Å². The number of fused-ring (bicyclic) bond motifs is 5. The van der Waals surface area contributed by atoms with Gasteiger partial charge in [0.25, 0.3) is 23.6 Å². The molecule has 2 atom stereocenters. The molecule has 1 N–H and O–H groups in total. The van der Waals surface area contributed by atoms with Gasteiger partial charge in [-0.15, -0.1) is 0 Å². The first-order valence-corrected chi connectivity index (χ1v) is 35.9. The van der Waals surface area contributed by atoms with Crippen LogP contribution in [0.3, 0.4) is 0 Å². The van der Waals surface area contributed by atoms with E-state index in [1.807, 2.05) is 0 Å². The van der Waals surface area contributed by atoms with Crippen LogP contribution in [-0.2, 0) is 44.8 Å².